The fourth-order valence-electron chi connectivity index (χ4n) is 2.58. The van der Waals surface area contributed by atoms with E-state index in [0.29, 0.717) is 23.0 Å². The molecule has 1 aromatic heterocycles. The van der Waals surface area contributed by atoms with Crippen molar-refractivity contribution < 1.29 is 9.72 Å². The Hall–Kier alpha value is -2.93. The van der Waals surface area contributed by atoms with Crippen molar-refractivity contribution in [3.63, 3.8) is 0 Å². The van der Waals surface area contributed by atoms with Gasteiger partial charge in [0.25, 0.3) is 0 Å². The number of carbonyl (C=O) groups is 1. The first-order valence-electron chi connectivity index (χ1n) is 8.02. The first-order valence-corrected chi connectivity index (χ1v) is 9.01. The maximum Gasteiger partial charge on any atom is 0.396 e. The molecule has 132 valence electrons. The Labute approximate surface area is 155 Å². The van der Waals surface area contributed by atoms with Crippen LogP contribution in [-0.4, -0.2) is 26.0 Å². The highest BCUT2D eigenvalue weighted by molar-refractivity contribution is 8.00. The lowest BCUT2D eigenvalue weighted by Crippen LogP contribution is -2.07. The molecular weight excluding hydrogens is 350 g/mol. The van der Waals surface area contributed by atoms with Gasteiger partial charge in [0.1, 0.15) is 0 Å². The Morgan fingerprint density at radius 2 is 1.73 bits per heavy atom. The van der Waals surface area contributed by atoms with Gasteiger partial charge in [-0.25, -0.2) is 0 Å². The van der Waals surface area contributed by atoms with E-state index in [0.717, 1.165) is 17.3 Å². The average Bonchev–Trinajstić information content (AvgIpc) is 2.97. The summed E-state index contributed by atoms with van der Waals surface area (Å²) in [5, 5.41) is 11.8. The summed E-state index contributed by atoms with van der Waals surface area (Å²) in [6.45, 7) is 2.20. The smallest absolute Gasteiger partial charge is 0.358 e. The van der Waals surface area contributed by atoms with Gasteiger partial charge in [-0.2, -0.15) is 0 Å². The van der Waals surface area contributed by atoms with Crippen molar-refractivity contribution in [1.82, 2.24) is 9.55 Å². The monoisotopic (exact) mass is 367 g/mol. The zero-order chi connectivity index (χ0) is 18.5. The second kappa shape index (κ2) is 7.97. The number of carbonyl (C=O) groups excluding carboxylic acids is 1. The van der Waals surface area contributed by atoms with Crippen LogP contribution in [0.4, 0.5) is 5.82 Å². The van der Waals surface area contributed by atoms with E-state index in [1.54, 1.807) is 35.8 Å². The normalized spacial score (nSPS) is 10.7. The van der Waals surface area contributed by atoms with Gasteiger partial charge in [-0.15, -0.1) is 0 Å². The van der Waals surface area contributed by atoms with Gasteiger partial charge >= 0.3 is 5.82 Å². The van der Waals surface area contributed by atoms with Crippen LogP contribution in [0.3, 0.4) is 0 Å². The van der Waals surface area contributed by atoms with Crippen LogP contribution < -0.4 is 0 Å². The molecular formula is C19H17N3O3S. The Kier molecular flexibility index (Phi) is 5.48. The lowest BCUT2D eigenvalue weighted by atomic mass is 10.2. The summed E-state index contributed by atoms with van der Waals surface area (Å²) in [4.78, 5) is 27.3. The number of ketones is 1. The number of nitro groups is 1. The Morgan fingerprint density at radius 1 is 1.12 bits per heavy atom. The van der Waals surface area contributed by atoms with E-state index in [1.165, 1.54) is 0 Å². The number of hydrogen-bond acceptors (Lipinski definition) is 5. The fourth-order valence-corrected chi connectivity index (χ4v) is 3.62. The van der Waals surface area contributed by atoms with Gasteiger partial charge in [-0.1, -0.05) is 72.4 Å². The summed E-state index contributed by atoms with van der Waals surface area (Å²) in [6.07, 6.45) is 0. The molecule has 3 rings (SSSR count). The van der Waals surface area contributed by atoms with E-state index >= 15 is 0 Å². The minimum atomic E-state index is -0.496. The highest BCUT2D eigenvalue weighted by Gasteiger charge is 2.26. The van der Waals surface area contributed by atoms with Gasteiger partial charge in [-0.3, -0.25) is 9.36 Å². The summed E-state index contributed by atoms with van der Waals surface area (Å²) >= 11 is 1.15. The third kappa shape index (κ3) is 4.00. The summed E-state index contributed by atoms with van der Waals surface area (Å²) in [7, 11) is 0. The van der Waals surface area contributed by atoms with E-state index in [2.05, 4.69) is 4.98 Å². The third-order valence-corrected chi connectivity index (χ3v) is 4.97. The van der Waals surface area contributed by atoms with Crippen LogP contribution >= 0.6 is 11.8 Å². The molecule has 0 aliphatic carbocycles. The van der Waals surface area contributed by atoms with Crippen molar-refractivity contribution in [1.29, 1.82) is 0 Å². The van der Waals surface area contributed by atoms with E-state index < -0.39 is 4.92 Å². The number of nitrogens with zero attached hydrogens (tertiary/aromatic N) is 3. The molecule has 0 spiro atoms. The molecule has 0 N–H and O–H groups in total. The van der Waals surface area contributed by atoms with E-state index in [-0.39, 0.29) is 17.4 Å². The van der Waals surface area contributed by atoms with Gasteiger partial charge in [-0.05, 0) is 15.5 Å². The number of thioether (sulfide) groups is 1. The summed E-state index contributed by atoms with van der Waals surface area (Å²) < 4.78 is 1.79. The number of rotatable bonds is 7. The molecule has 0 saturated heterocycles. The molecule has 0 radical (unpaired) electrons. The Balaban J connectivity index is 1.86. The highest BCUT2D eigenvalue weighted by atomic mass is 32.2. The maximum atomic E-state index is 12.4. The van der Waals surface area contributed by atoms with Crippen LogP contribution in [-0.2, 0) is 6.54 Å². The van der Waals surface area contributed by atoms with E-state index in [4.69, 9.17) is 0 Å². The SMILES string of the molecule is Cc1nc([N+](=O)[O-])c(SCC(=O)c2ccccc2)n1Cc1ccccc1. The van der Waals surface area contributed by atoms with Crippen molar-refractivity contribution in [3.8, 4) is 0 Å². The van der Waals surface area contributed by atoms with Gasteiger partial charge in [0.05, 0.1) is 12.3 Å². The second-order valence-corrected chi connectivity index (χ2v) is 6.66. The number of imidazole rings is 1. The molecule has 0 atom stereocenters. The van der Waals surface area contributed by atoms with Crippen molar-refractivity contribution in [2.45, 2.75) is 18.5 Å². The largest absolute Gasteiger partial charge is 0.396 e. The molecule has 0 unspecified atom stereocenters. The van der Waals surface area contributed by atoms with E-state index in [1.807, 2.05) is 36.4 Å². The van der Waals surface area contributed by atoms with Crippen LogP contribution in [0.25, 0.3) is 0 Å². The predicted octanol–water partition coefficient (Wildman–Crippen LogP) is 4.12. The zero-order valence-corrected chi connectivity index (χ0v) is 15.0. The molecule has 0 saturated carbocycles. The Bertz CT molecular complexity index is 924. The molecule has 3 aromatic rings. The van der Waals surface area contributed by atoms with Gasteiger partial charge < -0.3 is 10.1 Å². The molecule has 0 amide bonds. The minimum Gasteiger partial charge on any atom is -0.358 e. The molecule has 0 aliphatic heterocycles. The van der Waals surface area contributed by atoms with Crippen molar-refractivity contribution in [2.24, 2.45) is 0 Å². The molecule has 0 bridgehead atoms. The summed E-state index contributed by atoms with van der Waals surface area (Å²) in [6, 6.07) is 18.6. The standard InChI is InChI=1S/C19H17N3O3S/c1-14-20-18(22(24)25)19(21(14)12-15-8-4-2-5-9-15)26-13-17(23)16-10-6-3-7-11-16/h2-11H,12-13H2,1H3. The first kappa shape index (κ1) is 17.9. The molecule has 6 nitrogen and oxygen atoms in total. The van der Waals surface area contributed by atoms with Gasteiger partial charge in [0.15, 0.2) is 10.8 Å². The van der Waals surface area contributed by atoms with E-state index in [9.17, 15) is 14.9 Å². The second-order valence-electron chi connectivity index (χ2n) is 5.69. The van der Waals surface area contributed by atoms with Crippen LogP contribution in [0.15, 0.2) is 65.7 Å². The number of aromatic nitrogens is 2. The van der Waals surface area contributed by atoms with Crippen molar-refractivity contribution in [3.05, 3.63) is 87.7 Å². The Morgan fingerprint density at radius 3 is 2.35 bits per heavy atom. The first-order chi connectivity index (χ1) is 12.6. The van der Waals surface area contributed by atoms with Gasteiger partial charge in [0.2, 0.25) is 5.82 Å². The number of benzene rings is 2. The predicted molar refractivity (Wildman–Crippen MR) is 101 cm³/mol. The fraction of sp³-hybridized carbons (Fsp3) is 0.158. The van der Waals surface area contributed by atoms with Crippen LogP contribution in [0, 0.1) is 17.0 Å². The quantitative estimate of drug-likeness (QED) is 0.272. The number of aryl methyl sites for hydroxylation is 1. The highest BCUT2D eigenvalue weighted by Crippen LogP contribution is 2.31. The molecule has 2 aromatic carbocycles. The number of hydrogen-bond donors (Lipinski definition) is 0. The lowest BCUT2D eigenvalue weighted by Gasteiger charge is -2.08. The molecule has 7 heteroatoms. The minimum absolute atomic E-state index is 0.0741. The third-order valence-electron chi connectivity index (χ3n) is 3.89. The lowest BCUT2D eigenvalue weighted by molar-refractivity contribution is -0.392. The molecule has 0 aliphatic rings. The number of Topliss-reactive ketones (excluding diaryl/α,β-unsaturated/α-hetero) is 1. The summed E-state index contributed by atoms with van der Waals surface area (Å²) in [5.41, 5.74) is 1.60. The molecule has 26 heavy (non-hydrogen) atoms. The van der Waals surface area contributed by atoms with Crippen LogP contribution in [0.2, 0.25) is 0 Å². The topological polar surface area (TPSA) is 78.0 Å². The maximum absolute atomic E-state index is 12.4. The van der Waals surface area contributed by atoms with Crippen LogP contribution in [0.5, 0.6) is 0 Å². The van der Waals surface area contributed by atoms with Crippen molar-refractivity contribution in [2.75, 3.05) is 5.75 Å². The average molecular weight is 367 g/mol. The summed E-state index contributed by atoms with van der Waals surface area (Å²) in [5.74, 6) is 0.389. The van der Waals surface area contributed by atoms with Crippen molar-refractivity contribution >= 4 is 23.4 Å². The van der Waals surface area contributed by atoms with Gasteiger partial charge in [0, 0.05) is 12.5 Å². The molecule has 0 fully saturated rings. The van der Waals surface area contributed by atoms with Crippen LogP contribution in [0.1, 0.15) is 21.7 Å². The zero-order valence-electron chi connectivity index (χ0n) is 14.2. The molecule has 1 heterocycles.